The average molecular weight is 533 g/mol. The van der Waals surface area contributed by atoms with Crippen LogP contribution in [0.25, 0.3) is 22.3 Å². The van der Waals surface area contributed by atoms with E-state index in [1.807, 2.05) is 0 Å². The Bertz CT molecular complexity index is 1300. The first-order valence-electron chi connectivity index (χ1n) is 12.6. The lowest BCUT2D eigenvalue weighted by Gasteiger charge is -2.40. The van der Waals surface area contributed by atoms with Crippen molar-refractivity contribution < 1.29 is 36.6 Å². The van der Waals surface area contributed by atoms with Gasteiger partial charge in [-0.15, -0.1) is 13.2 Å². The van der Waals surface area contributed by atoms with Crippen molar-refractivity contribution in [2.24, 2.45) is 0 Å². The number of halogens is 3. The molecule has 0 aliphatic heterocycles. The average Bonchev–Trinajstić information content (AvgIpc) is 3.20. The topological polar surface area (TPSA) is 57.9 Å². The van der Waals surface area contributed by atoms with E-state index in [0.717, 1.165) is 24.8 Å². The van der Waals surface area contributed by atoms with E-state index >= 15 is 0 Å². The molecule has 0 unspecified atom stereocenters. The number of carbonyl (C=O) groups is 1. The van der Waals surface area contributed by atoms with Gasteiger partial charge in [-0.2, -0.15) is 0 Å². The fraction of sp³-hybridized carbons (Fsp3) is 0.433. The Morgan fingerprint density at radius 3 is 2.29 bits per heavy atom. The predicted octanol–water partition coefficient (Wildman–Crippen LogP) is 8.79. The van der Waals surface area contributed by atoms with Crippen LogP contribution in [0.3, 0.4) is 0 Å². The van der Waals surface area contributed by atoms with E-state index in [-0.39, 0.29) is 22.6 Å². The largest absolute Gasteiger partial charge is 0.573 e. The minimum atomic E-state index is -4.84. The highest BCUT2D eigenvalue weighted by Gasteiger charge is 2.43. The summed E-state index contributed by atoms with van der Waals surface area (Å²) in [6, 6.07) is 11.6. The molecule has 1 aromatic heterocycles. The minimum Gasteiger partial charge on any atom is -0.484 e. The Morgan fingerprint density at radius 1 is 0.947 bits per heavy atom. The lowest BCUT2D eigenvalue weighted by Crippen LogP contribution is -2.52. The SMILES string of the molecule is C=C(C)C(=O)OC(C)(C)C(C)(C)Oc1ccc2cc(-c3ccc(CCCCC)cc3OC(F)(F)F)oc2c1. The van der Waals surface area contributed by atoms with Gasteiger partial charge >= 0.3 is 12.3 Å². The van der Waals surface area contributed by atoms with E-state index in [1.54, 1.807) is 71.0 Å². The summed E-state index contributed by atoms with van der Waals surface area (Å²) in [5.41, 5.74) is -0.271. The zero-order valence-corrected chi connectivity index (χ0v) is 22.8. The summed E-state index contributed by atoms with van der Waals surface area (Å²) >= 11 is 0. The van der Waals surface area contributed by atoms with Crippen molar-refractivity contribution in [1.29, 1.82) is 0 Å². The molecule has 3 aromatic rings. The standard InChI is InChI=1S/C30H35F3O5/c1-8-9-10-11-20-12-15-23(26(16-20)37-30(31,32)33)25-17-21-13-14-22(18-24(21)35-25)36-28(4,5)29(6,7)38-27(34)19(2)3/h12-18H,2,8-11H2,1,3-7H3. The first-order valence-corrected chi connectivity index (χ1v) is 12.6. The van der Waals surface area contributed by atoms with Gasteiger partial charge in [0.25, 0.3) is 0 Å². The molecule has 0 aliphatic rings. The summed E-state index contributed by atoms with van der Waals surface area (Å²) < 4.78 is 61.7. The highest BCUT2D eigenvalue weighted by atomic mass is 19.4. The Hall–Kier alpha value is -3.42. The minimum absolute atomic E-state index is 0.202. The number of aryl methyl sites for hydroxylation is 1. The number of unbranched alkanes of at least 4 members (excludes halogenated alkanes) is 2. The first-order chi connectivity index (χ1) is 17.6. The van der Waals surface area contributed by atoms with Crippen molar-refractivity contribution in [3.8, 4) is 22.8 Å². The maximum absolute atomic E-state index is 13.2. The van der Waals surface area contributed by atoms with Crippen LogP contribution in [0.5, 0.6) is 11.5 Å². The predicted molar refractivity (Wildman–Crippen MR) is 141 cm³/mol. The molecular formula is C30H35F3O5. The molecule has 5 nitrogen and oxygen atoms in total. The van der Waals surface area contributed by atoms with Gasteiger partial charge in [0.05, 0.1) is 5.56 Å². The molecule has 0 bridgehead atoms. The van der Waals surface area contributed by atoms with Crippen LogP contribution in [0, 0.1) is 0 Å². The van der Waals surface area contributed by atoms with Crippen LogP contribution in [0.1, 0.15) is 66.4 Å². The van der Waals surface area contributed by atoms with Crippen LogP contribution in [0.2, 0.25) is 0 Å². The molecular weight excluding hydrogens is 497 g/mol. The van der Waals surface area contributed by atoms with Crippen molar-refractivity contribution in [1.82, 2.24) is 0 Å². The molecule has 8 heteroatoms. The number of alkyl halides is 3. The number of ether oxygens (including phenoxy) is 3. The van der Waals surface area contributed by atoms with E-state index in [4.69, 9.17) is 13.9 Å². The van der Waals surface area contributed by atoms with Gasteiger partial charge in [0.2, 0.25) is 0 Å². The lowest BCUT2D eigenvalue weighted by atomic mass is 9.89. The summed E-state index contributed by atoms with van der Waals surface area (Å²) in [5.74, 6) is -0.136. The second-order valence-corrected chi connectivity index (χ2v) is 10.4. The maximum Gasteiger partial charge on any atom is 0.573 e. The molecule has 1 heterocycles. The van der Waals surface area contributed by atoms with E-state index in [0.29, 0.717) is 23.1 Å². The highest BCUT2D eigenvalue weighted by molar-refractivity contribution is 5.87. The molecule has 0 saturated carbocycles. The molecule has 0 fully saturated rings. The van der Waals surface area contributed by atoms with Crippen molar-refractivity contribution in [3.05, 3.63) is 60.2 Å². The van der Waals surface area contributed by atoms with E-state index < -0.39 is 23.5 Å². The monoisotopic (exact) mass is 532 g/mol. The van der Waals surface area contributed by atoms with Gasteiger partial charge in [0.1, 0.15) is 34.0 Å². The molecule has 0 aliphatic carbocycles. The lowest BCUT2D eigenvalue weighted by molar-refractivity contribution is -0.274. The van der Waals surface area contributed by atoms with Crippen LogP contribution in [0.15, 0.2) is 59.0 Å². The second kappa shape index (κ2) is 11.1. The molecule has 3 rings (SSSR count). The smallest absolute Gasteiger partial charge is 0.484 e. The zero-order valence-electron chi connectivity index (χ0n) is 22.8. The Balaban J connectivity index is 1.91. The van der Waals surface area contributed by atoms with Crippen molar-refractivity contribution >= 4 is 16.9 Å². The van der Waals surface area contributed by atoms with Crippen molar-refractivity contribution in [2.75, 3.05) is 0 Å². The van der Waals surface area contributed by atoms with Crippen molar-refractivity contribution in [3.63, 3.8) is 0 Å². The number of fused-ring (bicyclic) bond motifs is 1. The third-order valence-electron chi connectivity index (χ3n) is 6.62. The zero-order chi connectivity index (χ0) is 28.3. The van der Waals surface area contributed by atoms with Gasteiger partial charge in [-0.3, -0.25) is 0 Å². The van der Waals surface area contributed by atoms with Gasteiger partial charge < -0.3 is 18.6 Å². The van der Waals surface area contributed by atoms with Gasteiger partial charge in [0.15, 0.2) is 0 Å². The second-order valence-electron chi connectivity index (χ2n) is 10.4. The number of hydrogen-bond donors (Lipinski definition) is 0. The normalized spacial score (nSPS) is 12.4. The molecule has 206 valence electrons. The summed E-state index contributed by atoms with van der Waals surface area (Å²) in [6.07, 6.45) is -1.28. The fourth-order valence-electron chi connectivity index (χ4n) is 3.78. The number of rotatable bonds is 11. The van der Waals surface area contributed by atoms with Crippen LogP contribution < -0.4 is 9.47 Å². The molecule has 0 spiro atoms. The quantitative estimate of drug-likeness (QED) is 0.140. The Kier molecular flexibility index (Phi) is 8.54. The van der Waals surface area contributed by atoms with E-state index in [1.165, 1.54) is 6.07 Å². The number of carbonyl (C=O) groups excluding carboxylic acids is 1. The molecule has 0 saturated heterocycles. The first kappa shape index (κ1) is 29.1. The van der Waals surface area contributed by atoms with Crippen LogP contribution in [-0.4, -0.2) is 23.5 Å². The third kappa shape index (κ3) is 7.11. The summed E-state index contributed by atoms with van der Waals surface area (Å²) in [4.78, 5) is 12.1. The van der Waals surface area contributed by atoms with Gasteiger partial charge in [0, 0.05) is 17.0 Å². The van der Waals surface area contributed by atoms with E-state index in [2.05, 4.69) is 18.2 Å². The number of furan rings is 1. The van der Waals surface area contributed by atoms with Crippen LogP contribution >= 0.6 is 0 Å². The molecule has 0 atom stereocenters. The summed E-state index contributed by atoms with van der Waals surface area (Å²) in [5, 5.41) is 0.683. The molecule has 0 radical (unpaired) electrons. The Morgan fingerprint density at radius 2 is 1.66 bits per heavy atom. The molecule has 2 aromatic carbocycles. The maximum atomic E-state index is 13.2. The summed E-state index contributed by atoms with van der Waals surface area (Å²) in [7, 11) is 0. The van der Waals surface area contributed by atoms with Gasteiger partial charge in [-0.05, 0) is 83.4 Å². The Labute approximate surface area is 221 Å². The van der Waals surface area contributed by atoms with Crippen molar-refractivity contribution in [2.45, 2.75) is 84.8 Å². The fourth-order valence-corrected chi connectivity index (χ4v) is 3.78. The van der Waals surface area contributed by atoms with Gasteiger partial charge in [-0.25, -0.2) is 4.79 Å². The summed E-state index contributed by atoms with van der Waals surface area (Å²) in [6.45, 7) is 14.3. The number of benzene rings is 2. The van der Waals surface area contributed by atoms with Crippen LogP contribution in [0.4, 0.5) is 13.2 Å². The van der Waals surface area contributed by atoms with E-state index in [9.17, 15) is 18.0 Å². The van der Waals surface area contributed by atoms with Crippen LogP contribution in [-0.2, 0) is 16.0 Å². The molecule has 38 heavy (non-hydrogen) atoms. The highest BCUT2D eigenvalue weighted by Crippen LogP contribution is 2.39. The van der Waals surface area contributed by atoms with Gasteiger partial charge in [-0.1, -0.05) is 32.4 Å². The molecule has 0 N–H and O–H groups in total. The third-order valence-corrected chi connectivity index (χ3v) is 6.62. The number of hydrogen-bond acceptors (Lipinski definition) is 5. The number of esters is 1. The molecule has 0 amide bonds.